The summed E-state index contributed by atoms with van der Waals surface area (Å²) in [6.45, 7) is 3.76. The minimum Gasteiger partial charge on any atom is -0.467 e. The van der Waals surface area contributed by atoms with Gasteiger partial charge in [-0.25, -0.2) is 18.0 Å². The number of carbonyl (C=O) groups excluding carboxylic acids is 2. The third-order valence-electron chi connectivity index (χ3n) is 6.12. The van der Waals surface area contributed by atoms with Crippen molar-refractivity contribution in [3.05, 3.63) is 58.9 Å². The molecule has 4 nitrogen and oxygen atoms in total. The Morgan fingerprint density at radius 1 is 1.00 bits per heavy atom. The van der Waals surface area contributed by atoms with E-state index in [2.05, 4.69) is 5.32 Å². The van der Waals surface area contributed by atoms with Crippen LogP contribution in [0.2, 0.25) is 0 Å². The van der Waals surface area contributed by atoms with Gasteiger partial charge < -0.3 is 10.1 Å². The van der Waals surface area contributed by atoms with E-state index in [-0.39, 0.29) is 25.1 Å². The first kappa shape index (κ1) is 22.8. The number of hydrogen-bond donors (Lipinski definition) is 1. The number of benzene rings is 2. The number of ether oxygens (including phenoxy) is 1. The number of methoxy groups -OCH3 is 1. The summed E-state index contributed by atoms with van der Waals surface area (Å²) in [5.74, 6) is -4.32. The number of aryl methyl sites for hydroxylation is 1. The van der Waals surface area contributed by atoms with Crippen LogP contribution in [-0.2, 0) is 20.7 Å². The van der Waals surface area contributed by atoms with Gasteiger partial charge in [-0.3, -0.25) is 4.79 Å². The van der Waals surface area contributed by atoms with Crippen molar-refractivity contribution in [1.82, 2.24) is 5.32 Å². The van der Waals surface area contributed by atoms with Crippen molar-refractivity contribution in [1.29, 1.82) is 0 Å². The van der Waals surface area contributed by atoms with Gasteiger partial charge in [-0.05, 0) is 66.6 Å². The van der Waals surface area contributed by atoms with E-state index in [0.717, 1.165) is 27.8 Å². The van der Waals surface area contributed by atoms with Crippen LogP contribution < -0.4 is 5.32 Å². The molecule has 0 heterocycles. The lowest BCUT2D eigenvalue weighted by atomic mass is 9.79. The minimum atomic E-state index is -2.85. The molecule has 2 aromatic rings. The van der Waals surface area contributed by atoms with E-state index in [1.54, 1.807) is 12.1 Å². The number of amides is 1. The maximum atomic E-state index is 13.6. The van der Waals surface area contributed by atoms with Crippen LogP contribution in [-0.4, -0.2) is 30.4 Å². The first-order valence-electron chi connectivity index (χ1n) is 10.2. The van der Waals surface area contributed by atoms with Crippen LogP contribution in [0.25, 0.3) is 11.1 Å². The molecule has 31 heavy (non-hydrogen) atoms. The normalized spacial score (nSPS) is 17.1. The summed E-state index contributed by atoms with van der Waals surface area (Å²) in [7, 11) is 1.18. The SMILES string of the molecule is COC(=O)C1(NC(=O)Cc2c(C)ccc(-c3ccc(F)cc3)c2C)CCC(F)(F)CC1. The quantitative estimate of drug-likeness (QED) is 0.683. The average Bonchev–Trinajstić information content (AvgIpc) is 2.73. The second-order valence-corrected chi connectivity index (χ2v) is 8.20. The highest BCUT2D eigenvalue weighted by Gasteiger charge is 2.49. The molecule has 7 heteroatoms. The highest BCUT2D eigenvalue weighted by Crippen LogP contribution is 2.39. The summed E-state index contributed by atoms with van der Waals surface area (Å²) in [5, 5.41) is 2.69. The lowest BCUT2D eigenvalue weighted by Crippen LogP contribution is -2.58. The average molecular weight is 433 g/mol. The van der Waals surface area contributed by atoms with Crippen molar-refractivity contribution in [2.45, 2.75) is 57.4 Å². The van der Waals surface area contributed by atoms with E-state index in [1.165, 1.54) is 19.2 Å². The predicted octanol–water partition coefficient (Wildman–Crippen LogP) is 4.89. The summed E-state index contributed by atoms with van der Waals surface area (Å²) in [6, 6.07) is 9.89. The molecule has 0 atom stereocenters. The van der Waals surface area contributed by atoms with E-state index in [1.807, 2.05) is 26.0 Å². The monoisotopic (exact) mass is 433 g/mol. The Morgan fingerprint density at radius 3 is 2.19 bits per heavy atom. The largest absolute Gasteiger partial charge is 0.467 e. The van der Waals surface area contributed by atoms with Gasteiger partial charge in [0.25, 0.3) is 0 Å². The Labute approximate surface area is 179 Å². The van der Waals surface area contributed by atoms with Gasteiger partial charge in [0.15, 0.2) is 0 Å². The maximum Gasteiger partial charge on any atom is 0.331 e. The lowest BCUT2D eigenvalue weighted by molar-refractivity contribution is -0.156. The van der Waals surface area contributed by atoms with Gasteiger partial charge in [0.2, 0.25) is 11.8 Å². The van der Waals surface area contributed by atoms with E-state index in [0.29, 0.717) is 0 Å². The van der Waals surface area contributed by atoms with Crippen molar-refractivity contribution in [3.8, 4) is 11.1 Å². The molecule has 166 valence electrons. The smallest absolute Gasteiger partial charge is 0.331 e. The number of alkyl halides is 2. The van der Waals surface area contributed by atoms with Gasteiger partial charge in [-0.15, -0.1) is 0 Å². The van der Waals surface area contributed by atoms with Crippen molar-refractivity contribution < 1.29 is 27.5 Å². The van der Waals surface area contributed by atoms with Crippen LogP contribution in [0.3, 0.4) is 0 Å². The molecule has 0 aromatic heterocycles. The number of nitrogens with one attached hydrogen (secondary N) is 1. The molecular formula is C24H26F3NO3. The number of halogens is 3. The fourth-order valence-corrected chi connectivity index (χ4v) is 4.20. The zero-order chi connectivity index (χ0) is 22.8. The van der Waals surface area contributed by atoms with Crippen molar-refractivity contribution in [2.75, 3.05) is 7.11 Å². The predicted molar refractivity (Wildman–Crippen MR) is 111 cm³/mol. The molecule has 0 saturated heterocycles. The molecule has 0 aliphatic heterocycles. The first-order chi connectivity index (χ1) is 14.6. The highest BCUT2D eigenvalue weighted by atomic mass is 19.3. The second-order valence-electron chi connectivity index (χ2n) is 8.20. The molecule has 3 rings (SSSR count). The molecule has 1 aliphatic rings. The minimum absolute atomic E-state index is 0.0121. The molecule has 1 fully saturated rings. The zero-order valence-electron chi connectivity index (χ0n) is 17.9. The molecule has 0 spiro atoms. The summed E-state index contributed by atoms with van der Waals surface area (Å²) in [4.78, 5) is 25.3. The zero-order valence-corrected chi connectivity index (χ0v) is 17.9. The molecule has 1 N–H and O–H groups in total. The third kappa shape index (κ3) is 4.92. The Balaban J connectivity index is 1.84. The second kappa shape index (κ2) is 8.73. The molecule has 1 amide bonds. The summed E-state index contributed by atoms with van der Waals surface area (Å²) < 4.78 is 45.4. The van der Waals surface area contributed by atoms with Crippen molar-refractivity contribution >= 4 is 11.9 Å². The molecule has 1 aliphatic carbocycles. The summed E-state index contributed by atoms with van der Waals surface area (Å²) in [6.07, 6.45) is -1.33. The standard InChI is InChI=1S/C24H26F3NO3/c1-15-4-9-19(17-5-7-18(25)8-6-17)16(2)20(15)14-21(29)28-23(22(30)31-3)10-12-24(26,27)13-11-23/h4-9H,10-14H2,1-3H3,(H,28,29). The lowest BCUT2D eigenvalue weighted by Gasteiger charge is -2.38. The van der Waals surface area contributed by atoms with Crippen LogP contribution in [0, 0.1) is 19.7 Å². The topological polar surface area (TPSA) is 55.4 Å². The molecule has 0 bridgehead atoms. The third-order valence-corrected chi connectivity index (χ3v) is 6.12. The Bertz CT molecular complexity index is 976. The number of rotatable bonds is 5. The van der Waals surface area contributed by atoms with Crippen LogP contribution in [0.4, 0.5) is 13.2 Å². The summed E-state index contributed by atoms with van der Waals surface area (Å²) in [5.41, 5.74) is 2.78. The van der Waals surface area contributed by atoms with Crippen molar-refractivity contribution in [3.63, 3.8) is 0 Å². The first-order valence-corrected chi connectivity index (χ1v) is 10.2. The van der Waals surface area contributed by atoms with Gasteiger partial charge in [0.05, 0.1) is 13.5 Å². The van der Waals surface area contributed by atoms with Gasteiger partial charge in [-0.2, -0.15) is 0 Å². The molecule has 1 saturated carbocycles. The van der Waals surface area contributed by atoms with E-state index >= 15 is 0 Å². The Hall–Kier alpha value is -2.83. The van der Waals surface area contributed by atoms with Gasteiger partial charge in [-0.1, -0.05) is 24.3 Å². The molecular weight excluding hydrogens is 407 g/mol. The van der Waals surface area contributed by atoms with Crippen LogP contribution in [0.5, 0.6) is 0 Å². The van der Waals surface area contributed by atoms with Gasteiger partial charge in [0.1, 0.15) is 11.4 Å². The van der Waals surface area contributed by atoms with Crippen LogP contribution in [0.1, 0.15) is 42.4 Å². The molecule has 0 unspecified atom stereocenters. The van der Waals surface area contributed by atoms with Crippen molar-refractivity contribution in [2.24, 2.45) is 0 Å². The number of hydrogen-bond acceptors (Lipinski definition) is 3. The molecule has 0 radical (unpaired) electrons. The van der Waals surface area contributed by atoms with Gasteiger partial charge >= 0.3 is 5.97 Å². The van der Waals surface area contributed by atoms with E-state index in [4.69, 9.17) is 4.74 Å². The number of carbonyl (C=O) groups is 2. The fraction of sp³-hybridized carbons (Fsp3) is 0.417. The fourth-order valence-electron chi connectivity index (χ4n) is 4.20. The van der Waals surface area contributed by atoms with Gasteiger partial charge in [0, 0.05) is 12.8 Å². The molecule has 2 aromatic carbocycles. The Morgan fingerprint density at radius 2 is 1.61 bits per heavy atom. The Kier molecular flexibility index (Phi) is 6.43. The maximum absolute atomic E-state index is 13.6. The summed E-state index contributed by atoms with van der Waals surface area (Å²) >= 11 is 0. The van der Waals surface area contributed by atoms with E-state index in [9.17, 15) is 22.8 Å². The van der Waals surface area contributed by atoms with Crippen LogP contribution in [0.15, 0.2) is 36.4 Å². The van der Waals surface area contributed by atoms with E-state index < -0.39 is 36.2 Å². The van der Waals surface area contributed by atoms with Crippen LogP contribution >= 0.6 is 0 Å². The number of esters is 1. The highest BCUT2D eigenvalue weighted by molar-refractivity contribution is 5.89.